The number of benzene rings is 2. The number of hydrogen-bond acceptors (Lipinski definition) is 5. The van der Waals surface area contributed by atoms with Gasteiger partial charge in [-0.05, 0) is 43.0 Å². The van der Waals surface area contributed by atoms with Gasteiger partial charge >= 0.3 is 6.18 Å². The quantitative estimate of drug-likeness (QED) is 0.618. The van der Waals surface area contributed by atoms with Gasteiger partial charge in [-0.3, -0.25) is 9.69 Å². The second kappa shape index (κ2) is 11.7. The molecule has 2 aliphatic heterocycles. The van der Waals surface area contributed by atoms with E-state index in [9.17, 15) is 23.1 Å². The molecule has 4 rings (SSSR count). The molecule has 0 spiro atoms. The van der Waals surface area contributed by atoms with Crippen molar-refractivity contribution in [3.63, 3.8) is 0 Å². The number of alkyl halides is 3. The number of halogens is 3. The van der Waals surface area contributed by atoms with Crippen LogP contribution in [0.3, 0.4) is 0 Å². The van der Waals surface area contributed by atoms with Crippen LogP contribution in [0.25, 0.3) is 0 Å². The minimum Gasteiger partial charge on any atom is -0.389 e. The third-order valence-corrected chi connectivity index (χ3v) is 6.84. The first kappa shape index (κ1) is 26.6. The van der Waals surface area contributed by atoms with Crippen molar-refractivity contribution in [2.45, 2.75) is 69.3 Å². The second-order valence-electron chi connectivity index (χ2n) is 9.66. The van der Waals surface area contributed by atoms with Crippen molar-refractivity contribution >= 4 is 5.91 Å². The average molecular weight is 507 g/mol. The van der Waals surface area contributed by atoms with Crippen LogP contribution in [0.15, 0.2) is 54.6 Å². The van der Waals surface area contributed by atoms with E-state index < -0.39 is 17.8 Å². The van der Waals surface area contributed by atoms with Gasteiger partial charge in [0.1, 0.15) is 0 Å². The van der Waals surface area contributed by atoms with Crippen LogP contribution < -0.4 is 5.32 Å². The van der Waals surface area contributed by atoms with Crippen molar-refractivity contribution in [3.8, 4) is 0 Å². The summed E-state index contributed by atoms with van der Waals surface area (Å²) in [7, 11) is 0. The molecule has 0 aromatic heterocycles. The van der Waals surface area contributed by atoms with E-state index in [2.05, 4.69) is 10.2 Å². The highest BCUT2D eigenvalue weighted by Crippen LogP contribution is 2.31. The molecule has 0 aliphatic carbocycles. The lowest BCUT2D eigenvalue weighted by molar-refractivity contribution is -0.158. The number of ether oxygens (including phenoxy) is 2. The maximum absolute atomic E-state index is 12.9. The number of β-amino-alcohol motifs (C(OH)–C–C–N with tert-alkyl or cyclic N) is 1. The first-order chi connectivity index (χ1) is 17.2. The lowest BCUT2D eigenvalue weighted by Gasteiger charge is -2.44. The summed E-state index contributed by atoms with van der Waals surface area (Å²) in [5, 5.41) is 13.4. The maximum atomic E-state index is 12.9. The van der Waals surface area contributed by atoms with Gasteiger partial charge in [-0.1, -0.05) is 42.5 Å². The van der Waals surface area contributed by atoms with E-state index in [4.69, 9.17) is 9.47 Å². The summed E-state index contributed by atoms with van der Waals surface area (Å²) in [6, 6.07) is 14.7. The van der Waals surface area contributed by atoms with Crippen LogP contribution in [0.5, 0.6) is 0 Å². The van der Waals surface area contributed by atoms with E-state index in [1.54, 1.807) is 0 Å². The molecule has 2 heterocycles. The van der Waals surface area contributed by atoms with E-state index in [0.29, 0.717) is 19.5 Å². The molecule has 0 unspecified atom stereocenters. The Hall–Kier alpha value is -2.46. The van der Waals surface area contributed by atoms with Crippen LogP contribution in [-0.4, -0.2) is 60.0 Å². The summed E-state index contributed by atoms with van der Waals surface area (Å²) in [4.78, 5) is 14.7. The average Bonchev–Trinajstić information content (AvgIpc) is 2.83. The summed E-state index contributed by atoms with van der Waals surface area (Å²) in [6.45, 7) is 3.09. The Labute approximate surface area is 209 Å². The summed E-state index contributed by atoms with van der Waals surface area (Å²) in [5.74, 6) is -0.0846. The Morgan fingerprint density at radius 3 is 2.53 bits per heavy atom. The summed E-state index contributed by atoms with van der Waals surface area (Å²) >= 11 is 0. The number of carbonyl (C=O) groups excluding carboxylic acids is 1. The molecule has 6 nitrogen and oxygen atoms in total. The van der Waals surface area contributed by atoms with E-state index in [1.807, 2.05) is 37.3 Å². The van der Waals surface area contributed by atoms with Crippen LogP contribution in [0.4, 0.5) is 13.2 Å². The fraction of sp³-hybridized carbons (Fsp3) is 0.519. The van der Waals surface area contributed by atoms with Gasteiger partial charge in [-0.25, -0.2) is 0 Å². The monoisotopic (exact) mass is 506 g/mol. The number of carbonyl (C=O) groups is 1. The van der Waals surface area contributed by atoms with Crippen LogP contribution >= 0.6 is 0 Å². The number of hydrogen-bond donors (Lipinski definition) is 2. The normalized spacial score (nSPS) is 26.4. The summed E-state index contributed by atoms with van der Waals surface area (Å²) in [5.41, 5.74) is 1.07. The smallest absolute Gasteiger partial charge is 0.389 e. The minimum atomic E-state index is -4.38. The van der Waals surface area contributed by atoms with Crippen LogP contribution in [-0.2, 0) is 27.0 Å². The van der Waals surface area contributed by atoms with Crippen LogP contribution in [0, 0.1) is 0 Å². The van der Waals surface area contributed by atoms with Gasteiger partial charge in [0.25, 0.3) is 0 Å². The van der Waals surface area contributed by atoms with Crippen LogP contribution in [0.2, 0.25) is 0 Å². The number of nitrogens with one attached hydrogen (secondary N) is 1. The molecule has 1 amide bonds. The number of nitrogens with zero attached hydrogens (tertiary/aromatic N) is 1. The highest BCUT2D eigenvalue weighted by atomic mass is 19.4. The molecular weight excluding hydrogens is 473 g/mol. The van der Waals surface area contributed by atoms with Crippen molar-refractivity contribution in [2.24, 2.45) is 0 Å². The first-order valence-corrected chi connectivity index (χ1v) is 12.3. The fourth-order valence-corrected chi connectivity index (χ4v) is 4.99. The molecule has 9 heteroatoms. The van der Waals surface area contributed by atoms with Crippen molar-refractivity contribution in [1.82, 2.24) is 10.2 Å². The fourth-order valence-electron chi connectivity index (χ4n) is 4.99. The number of amides is 1. The van der Waals surface area contributed by atoms with E-state index in [-0.39, 0.29) is 49.8 Å². The molecule has 0 saturated carbocycles. The summed E-state index contributed by atoms with van der Waals surface area (Å²) < 4.78 is 50.7. The van der Waals surface area contributed by atoms with Gasteiger partial charge in [0.05, 0.1) is 49.6 Å². The Balaban J connectivity index is 1.37. The van der Waals surface area contributed by atoms with Crippen molar-refractivity contribution in [2.75, 3.05) is 19.8 Å². The van der Waals surface area contributed by atoms with Crippen molar-refractivity contribution in [1.29, 1.82) is 0 Å². The largest absolute Gasteiger partial charge is 0.416 e. The zero-order valence-electron chi connectivity index (χ0n) is 20.3. The number of aliphatic hydroxyl groups excluding tert-OH is 1. The van der Waals surface area contributed by atoms with Gasteiger partial charge in [0.15, 0.2) is 0 Å². The standard InChI is InChI=1S/C27H33F3N2O4/c1-18(20-5-3-2-4-6-20)31-26(34)13-23-11-12-24-25(36-23)17-35-16-22(33)15-32(24)14-19-7-9-21(10-8-19)27(28,29)30/h2-10,18,22-25,33H,11-17H2,1H3,(H,31,34)/t18-,22-,23+,24+,25-/m0/s1. The SMILES string of the molecule is C[C@H](NC(=O)C[C@H]1CC[C@@H]2[C@H](COC[C@@H](O)CN2Cc2ccc(C(F)(F)F)cc2)O1)c1ccccc1. The molecule has 2 aromatic carbocycles. The molecule has 2 fully saturated rings. The van der Waals surface area contributed by atoms with E-state index in [0.717, 1.165) is 29.7 Å². The molecule has 0 radical (unpaired) electrons. The van der Waals surface area contributed by atoms with Crippen molar-refractivity contribution in [3.05, 3.63) is 71.3 Å². The number of aliphatic hydroxyl groups is 1. The Morgan fingerprint density at radius 1 is 1.11 bits per heavy atom. The lowest BCUT2D eigenvalue weighted by atomic mass is 9.94. The molecule has 5 atom stereocenters. The molecule has 2 saturated heterocycles. The lowest BCUT2D eigenvalue weighted by Crippen LogP contribution is -2.55. The molecule has 2 N–H and O–H groups in total. The molecule has 2 aliphatic rings. The number of fused-ring (bicyclic) bond motifs is 1. The number of rotatable bonds is 6. The first-order valence-electron chi connectivity index (χ1n) is 12.3. The van der Waals surface area contributed by atoms with E-state index in [1.165, 1.54) is 12.1 Å². The van der Waals surface area contributed by atoms with Gasteiger partial charge < -0.3 is 19.9 Å². The van der Waals surface area contributed by atoms with E-state index >= 15 is 0 Å². The van der Waals surface area contributed by atoms with Crippen molar-refractivity contribution < 1.29 is 32.5 Å². The van der Waals surface area contributed by atoms with Crippen LogP contribution in [0.1, 0.15) is 48.9 Å². The topological polar surface area (TPSA) is 71.0 Å². The molecule has 2 aromatic rings. The molecule has 36 heavy (non-hydrogen) atoms. The van der Waals surface area contributed by atoms with Gasteiger partial charge in [0, 0.05) is 19.1 Å². The highest BCUT2D eigenvalue weighted by Gasteiger charge is 2.38. The zero-order chi connectivity index (χ0) is 25.7. The Kier molecular flexibility index (Phi) is 8.66. The maximum Gasteiger partial charge on any atom is 0.416 e. The Bertz CT molecular complexity index is 987. The summed E-state index contributed by atoms with van der Waals surface area (Å²) in [6.07, 6.45) is -4.01. The molecule has 196 valence electrons. The third kappa shape index (κ3) is 7.06. The predicted octanol–water partition coefficient (Wildman–Crippen LogP) is 4.08. The zero-order valence-corrected chi connectivity index (χ0v) is 20.3. The second-order valence-corrected chi connectivity index (χ2v) is 9.66. The predicted molar refractivity (Wildman–Crippen MR) is 128 cm³/mol. The van der Waals surface area contributed by atoms with Gasteiger partial charge in [-0.2, -0.15) is 13.2 Å². The highest BCUT2D eigenvalue weighted by molar-refractivity contribution is 5.77. The van der Waals surface area contributed by atoms with Gasteiger partial charge in [-0.15, -0.1) is 0 Å². The Morgan fingerprint density at radius 2 is 1.83 bits per heavy atom. The third-order valence-electron chi connectivity index (χ3n) is 6.84. The molecular formula is C27H33F3N2O4. The van der Waals surface area contributed by atoms with Gasteiger partial charge in [0.2, 0.25) is 5.91 Å². The minimum absolute atomic E-state index is 0.0789. The molecule has 0 bridgehead atoms.